The van der Waals surface area contributed by atoms with Crippen molar-refractivity contribution in [2.45, 2.75) is 17.7 Å². The molecule has 1 aromatic heterocycles. The Labute approximate surface area is 184 Å². The number of benzene rings is 1. The monoisotopic (exact) mass is 463 g/mol. The van der Waals surface area contributed by atoms with Gasteiger partial charge in [0.15, 0.2) is 6.61 Å². The van der Waals surface area contributed by atoms with Crippen LogP contribution in [0.5, 0.6) is 0 Å². The third kappa shape index (κ3) is 6.11. The Morgan fingerprint density at radius 1 is 1.19 bits per heavy atom. The van der Waals surface area contributed by atoms with Gasteiger partial charge in [0.25, 0.3) is 5.91 Å². The first kappa shape index (κ1) is 22.9. The van der Waals surface area contributed by atoms with Gasteiger partial charge < -0.3 is 14.8 Å². The molecular weight excluding hydrogens is 442 g/mol. The van der Waals surface area contributed by atoms with Gasteiger partial charge >= 0.3 is 5.97 Å². The Hall–Kier alpha value is -2.78. The van der Waals surface area contributed by atoms with E-state index in [4.69, 9.17) is 14.7 Å². The van der Waals surface area contributed by atoms with Crippen molar-refractivity contribution >= 4 is 38.2 Å². The highest BCUT2D eigenvalue weighted by molar-refractivity contribution is 7.89. The summed E-state index contributed by atoms with van der Waals surface area (Å²) in [5.41, 5.74) is 1.13. The van der Waals surface area contributed by atoms with Gasteiger partial charge in [-0.15, -0.1) is 11.3 Å². The standard InChI is InChI=1S/C20H21N3O6S2/c21-13-16-7-12-30-20(16)22-18(24)14-29-19(25)6-3-15-1-4-17(5-2-15)31(26,27)23-8-10-28-11-9-23/h1-2,4-5,7,12H,3,6,8-11,14H2,(H,22,24). The number of esters is 1. The number of nitrogens with one attached hydrogen (secondary N) is 1. The molecule has 1 N–H and O–H groups in total. The molecule has 1 saturated heterocycles. The summed E-state index contributed by atoms with van der Waals surface area (Å²) in [5.74, 6) is -1.07. The number of carbonyl (C=O) groups is 2. The summed E-state index contributed by atoms with van der Waals surface area (Å²) in [7, 11) is -3.56. The highest BCUT2D eigenvalue weighted by atomic mass is 32.2. The molecule has 0 spiro atoms. The van der Waals surface area contributed by atoms with E-state index >= 15 is 0 Å². The van der Waals surface area contributed by atoms with Crippen LogP contribution >= 0.6 is 11.3 Å². The van der Waals surface area contributed by atoms with Crippen molar-refractivity contribution in [3.05, 3.63) is 46.8 Å². The van der Waals surface area contributed by atoms with E-state index in [-0.39, 0.29) is 11.3 Å². The second kappa shape index (κ2) is 10.5. The molecule has 1 aliphatic heterocycles. The summed E-state index contributed by atoms with van der Waals surface area (Å²) < 4.78 is 36.8. The number of nitrogens with zero attached hydrogens (tertiary/aromatic N) is 2. The summed E-state index contributed by atoms with van der Waals surface area (Å²) in [6, 6.07) is 9.91. The normalized spacial score (nSPS) is 14.5. The molecule has 1 aliphatic rings. The Balaban J connectivity index is 1.45. The van der Waals surface area contributed by atoms with Crippen LogP contribution < -0.4 is 5.32 Å². The molecule has 2 aromatic rings. The largest absolute Gasteiger partial charge is 0.456 e. The van der Waals surface area contributed by atoms with Gasteiger partial charge in [-0.2, -0.15) is 9.57 Å². The third-order valence-corrected chi connectivity index (χ3v) is 7.29. The van der Waals surface area contributed by atoms with Crippen LogP contribution in [0.25, 0.3) is 0 Å². The number of ether oxygens (including phenoxy) is 2. The van der Waals surface area contributed by atoms with Crippen LogP contribution in [0, 0.1) is 11.3 Å². The van der Waals surface area contributed by atoms with E-state index in [0.29, 0.717) is 43.3 Å². The van der Waals surface area contributed by atoms with Crippen molar-refractivity contribution < 1.29 is 27.5 Å². The maximum atomic E-state index is 12.6. The van der Waals surface area contributed by atoms with E-state index in [2.05, 4.69) is 5.32 Å². The van der Waals surface area contributed by atoms with Crippen molar-refractivity contribution in [1.82, 2.24) is 4.31 Å². The summed E-state index contributed by atoms with van der Waals surface area (Å²) in [5, 5.41) is 13.5. The highest BCUT2D eigenvalue weighted by Gasteiger charge is 2.26. The van der Waals surface area contributed by atoms with Crippen LogP contribution in [0.4, 0.5) is 5.00 Å². The molecule has 3 rings (SSSR count). The second-order valence-electron chi connectivity index (χ2n) is 6.64. The summed E-state index contributed by atoms with van der Waals surface area (Å²) in [6.45, 7) is 0.967. The van der Waals surface area contributed by atoms with Crippen LogP contribution in [-0.4, -0.2) is 57.5 Å². The summed E-state index contributed by atoms with van der Waals surface area (Å²) in [6.07, 6.45) is 0.396. The molecule has 11 heteroatoms. The molecule has 2 heterocycles. The number of anilines is 1. The lowest BCUT2D eigenvalue weighted by atomic mass is 10.1. The van der Waals surface area contributed by atoms with E-state index in [0.717, 1.165) is 5.56 Å². The van der Waals surface area contributed by atoms with Gasteiger partial charge in [0.1, 0.15) is 11.1 Å². The average molecular weight is 464 g/mol. The number of nitriles is 1. The van der Waals surface area contributed by atoms with E-state index < -0.39 is 28.5 Å². The SMILES string of the molecule is N#Cc1ccsc1NC(=O)COC(=O)CCc1ccc(S(=O)(=O)N2CCOCC2)cc1. The molecule has 1 aromatic carbocycles. The third-order valence-electron chi connectivity index (χ3n) is 4.55. The number of hydrogen-bond donors (Lipinski definition) is 1. The number of amides is 1. The van der Waals surface area contributed by atoms with Gasteiger partial charge in [0.2, 0.25) is 10.0 Å². The van der Waals surface area contributed by atoms with Crippen molar-refractivity contribution in [2.24, 2.45) is 0 Å². The lowest BCUT2D eigenvalue weighted by molar-refractivity contribution is -0.147. The van der Waals surface area contributed by atoms with E-state index in [1.165, 1.54) is 27.8 Å². The molecule has 0 saturated carbocycles. The molecule has 0 unspecified atom stereocenters. The van der Waals surface area contributed by atoms with Crippen LogP contribution in [0.1, 0.15) is 17.5 Å². The lowest BCUT2D eigenvalue weighted by Gasteiger charge is -2.26. The Kier molecular flexibility index (Phi) is 7.75. The second-order valence-corrected chi connectivity index (χ2v) is 9.50. The minimum absolute atomic E-state index is 0.0469. The van der Waals surface area contributed by atoms with E-state index in [9.17, 15) is 18.0 Å². The van der Waals surface area contributed by atoms with Crippen LogP contribution in [0.2, 0.25) is 0 Å². The fourth-order valence-electron chi connectivity index (χ4n) is 2.89. The van der Waals surface area contributed by atoms with E-state index in [1.807, 2.05) is 6.07 Å². The smallest absolute Gasteiger partial charge is 0.306 e. The van der Waals surface area contributed by atoms with Gasteiger partial charge in [0, 0.05) is 19.5 Å². The molecule has 0 radical (unpaired) electrons. The molecule has 0 atom stereocenters. The fraction of sp³-hybridized carbons (Fsp3) is 0.350. The van der Waals surface area contributed by atoms with Crippen molar-refractivity contribution in [3.63, 3.8) is 0 Å². The van der Waals surface area contributed by atoms with Crippen molar-refractivity contribution in [1.29, 1.82) is 5.26 Å². The first-order chi connectivity index (χ1) is 14.9. The first-order valence-corrected chi connectivity index (χ1v) is 11.8. The number of thiophene rings is 1. The molecule has 1 amide bonds. The number of rotatable bonds is 8. The number of morpholine rings is 1. The first-order valence-electron chi connectivity index (χ1n) is 9.50. The van der Waals surface area contributed by atoms with Crippen molar-refractivity contribution in [2.75, 3.05) is 38.2 Å². The lowest BCUT2D eigenvalue weighted by Crippen LogP contribution is -2.40. The molecule has 31 heavy (non-hydrogen) atoms. The quantitative estimate of drug-likeness (QED) is 0.591. The Morgan fingerprint density at radius 3 is 2.58 bits per heavy atom. The topological polar surface area (TPSA) is 126 Å². The highest BCUT2D eigenvalue weighted by Crippen LogP contribution is 2.22. The zero-order chi connectivity index (χ0) is 22.3. The zero-order valence-electron chi connectivity index (χ0n) is 16.6. The van der Waals surface area contributed by atoms with Gasteiger partial charge in [0.05, 0.1) is 23.7 Å². The zero-order valence-corrected chi connectivity index (χ0v) is 18.2. The molecule has 0 aliphatic carbocycles. The van der Waals surface area contributed by atoms with Gasteiger partial charge in [-0.05, 0) is 35.6 Å². The number of aryl methyl sites for hydroxylation is 1. The fourth-order valence-corrected chi connectivity index (χ4v) is 5.05. The summed E-state index contributed by atoms with van der Waals surface area (Å²) >= 11 is 1.21. The minimum Gasteiger partial charge on any atom is -0.456 e. The molecular formula is C20H21N3O6S2. The minimum atomic E-state index is -3.56. The molecule has 9 nitrogen and oxygen atoms in total. The number of carbonyl (C=O) groups excluding carboxylic acids is 2. The van der Waals surface area contributed by atoms with Gasteiger partial charge in [-0.25, -0.2) is 8.42 Å². The Morgan fingerprint density at radius 2 is 1.90 bits per heavy atom. The van der Waals surface area contributed by atoms with Crippen molar-refractivity contribution in [3.8, 4) is 6.07 Å². The predicted molar refractivity (Wildman–Crippen MR) is 113 cm³/mol. The van der Waals surface area contributed by atoms with Crippen LogP contribution in [0.3, 0.4) is 0 Å². The molecule has 0 bridgehead atoms. The maximum Gasteiger partial charge on any atom is 0.306 e. The van der Waals surface area contributed by atoms with Gasteiger partial charge in [-0.1, -0.05) is 12.1 Å². The van der Waals surface area contributed by atoms with Crippen LogP contribution in [0.15, 0.2) is 40.6 Å². The molecule has 164 valence electrons. The maximum absolute atomic E-state index is 12.6. The number of hydrogen-bond acceptors (Lipinski definition) is 8. The van der Waals surface area contributed by atoms with Gasteiger partial charge in [-0.3, -0.25) is 9.59 Å². The average Bonchev–Trinajstić information content (AvgIpc) is 3.24. The van der Waals surface area contributed by atoms with E-state index in [1.54, 1.807) is 23.6 Å². The Bertz CT molecular complexity index is 1070. The summed E-state index contributed by atoms with van der Waals surface area (Å²) in [4.78, 5) is 24.0. The van der Waals surface area contributed by atoms with Crippen LogP contribution in [-0.2, 0) is 35.5 Å². The number of sulfonamides is 1. The molecule has 1 fully saturated rings. The predicted octanol–water partition coefficient (Wildman–Crippen LogP) is 1.76.